The Morgan fingerprint density at radius 3 is 2.70 bits per heavy atom. The van der Waals surface area contributed by atoms with E-state index in [9.17, 15) is 4.79 Å². The number of rotatable bonds is 6. The maximum atomic E-state index is 10.8. The lowest BCUT2D eigenvalue weighted by Crippen LogP contribution is -1.94. The van der Waals surface area contributed by atoms with E-state index in [2.05, 4.69) is 9.97 Å². The summed E-state index contributed by atoms with van der Waals surface area (Å²) in [4.78, 5) is 19.2. The first-order chi connectivity index (χ1) is 11.2. The molecule has 0 saturated heterocycles. The van der Waals surface area contributed by atoms with Crippen molar-refractivity contribution in [2.45, 2.75) is 6.61 Å². The molecule has 0 amide bonds. The molecule has 5 nitrogen and oxygen atoms in total. The molecule has 2 aromatic heterocycles. The van der Waals surface area contributed by atoms with Crippen molar-refractivity contribution in [3.63, 3.8) is 0 Å². The van der Waals surface area contributed by atoms with E-state index in [4.69, 9.17) is 9.84 Å². The van der Waals surface area contributed by atoms with Crippen LogP contribution < -0.4 is 4.74 Å². The number of benzene rings is 1. The molecule has 0 aliphatic heterocycles. The summed E-state index contributed by atoms with van der Waals surface area (Å²) in [6, 6.07) is 7.63. The Balaban J connectivity index is 1.60. The zero-order valence-corrected chi connectivity index (χ0v) is 13.5. The molecular weight excluding hydrogens is 332 g/mol. The Bertz CT molecular complexity index is 808. The lowest BCUT2D eigenvalue weighted by molar-refractivity contribution is 0.0702. The highest BCUT2D eigenvalue weighted by atomic mass is 32.1. The van der Waals surface area contributed by atoms with E-state index in [-0.39, 0.29) is 4.88 Å². The number of aromatic carboxylic acids is 1. The number of nitrogens with zero attached hydrogens (tertiary/aromatic N) is 2. The summed E-state index contributed by atoms with van der Waals surface area (Å²) < 4.78 is 5.64. The highest BCUT2D eigenvalue weighted by Gasteiger charge is 2.06. The topological polar surface area (TPSA) is 72.3 Å². The van der Waals surface area contributed by atoms with Crippen LogP contribution in [-0.4, -0.2) is 21.0 Å². The lowest BCUT2D eigenvalue weighted by Gasteiger charge is -2.04. The maximum absolute atomic E-state index is 10.8. The monoisotopic (exact) mass is 344 g/mol. The normalized spacial score (nSPS) is 11.0. The molecule has 7 heteroatoms. The Morgan fingerprint density at radius 1 is 1.22 bits per heavy atom. The number of aromatic nitrogens is 2. The number of carboxylic acids is 1. The number of thiazole rings is 2. The number of ether oxygens (including phenoxy) is 1. The molecule has 2 heterocycles. The fourth-order valence-corrected chi connectivity index (χ4v) is 2.97. The van der Waals surface area contributed by atoms with Crippen LogP contribution in [0.2, 0.25) is 0 Å². The van der Waals surface area contributed by atoms with Gasteiger partial charge in [-0.3, -0.25) is 0 Å². The Morgan fingerprint density at radius 2 is 2.04 bits per heavy atom. The molecule has 116 valence electrons. The second-order valence-electron chi connectivity index (χ2n) is 4.54. The van der Waals surface area contributed by atoms with Crippen LogP contribution in [0, 0.1) is 0 Å². The molecule has 3 rings (SSSR count). The van der Waals surface area contributed by atoms with Gasteiger partial charge in [-0.1, -0.05) is 18.2 Å². The van der Waals surface area contributed by atoms with Gasteiger partial charge in [0.2, 0.25) is 0 Å². The zero-order chi connectivity index (χ0) is 16.1. The first-order valence-corrected chi connectivity index (χ1v) is 8.44. The van der Waals surface area contributed by atoms with E-state index in [0.717, 1.165) is 28.3 Å². The molecule has 0 atom stereocenters. The molecule has 0 unspecified atom stereocenters. The molecule has 0 radical (unpaired) electrons. The molecule has 0 fully saturated rings. The van der Waals surface area contributed by atoms with E-state index < -0.39 is 5.97 Å². The summed E-state index contributed by atoms with van der Waals surface area (Å²) in [6.45, 7) is 0.454. The summed E-state index contributed by atoms with van der Waals surface area (Å²) in [5, 5.41) is 11.5. The molecule has 3 aromatic rings. The van der Waals surface area contributed by atoms with Gasteiger partial charge >= 0.3 is 5.97 Å². The second-order valence-corrected chi connectivity index (χ2v) is 6.32. The van der Waals surface area contributed by atoms with E-state index in [1.165, 1.54) is 6.20 Å². The molecule has 0 spiro atoms. The van der Waals surface area contributed by atoms with Gasteiger partial charge < -0.3 is 9.84 Å². The van der Waals surface area contributed by atoms with Crippen molar-refractivity contribution < 1.29 is 14.6 Å². The predicted octanol–water partition coefficient (Wildman–Crippen LogP) is 4.05. The third-order valence-corrected chi connectivity index (χ3v) is 4.49. The Kier molecular flexibility index (Phi) is 4.80. The van der Waals surface area contributed by atoms with Crippen molar-refractivity contribution >= 4 is 40.8 Å². The number of hydrogen-bond acceptors (Lipinski definition) is 6. The molecule has 0 saturated carbocycles. The van der Waals surface area contributed by atoms with Crippen LogP contribution in [0.5, 0.6) is 5.75 Å². The van der Waals surface area contributed by atoms with E-state index in [1.54, 1.807) is 22.9 Å². The summed E-state index contributed by atoms with van der Waals surface area (Å²) in [5.74, 6) is -0.179. The van der Waals surface area contributed by atoms with Crippen molar-refractivity contribution in [3.05, 3.63) is 62.5 Å². The van der Waals surface area contributed by atoms with Gasteiger partial charge in [-0.15, -0.1) is 22.7 Å². The van der Waals surface area contributed by atoms with Crippen LogP contribution in [0.15, 0.2) is 41.4 Å². The van der Waals surface area contributed by atoms with Crippen LogP contribution in [0.3, 0.4) is 0 Å². The van der Waals surface area contributed by atoms with Crippen molar-refractivity contribution in [3.8, 4) is 5.75 Å². The minimum atomic E-state index is -0.955. The van der Waals surface area contributed by atoms with Crippen LogP contribution in [-0.2, 0) is 6.61 Å². The van der Waals surface area contributed by atoms with Gasteiger partial charge in [0, 0.05) is 5.38 Å². The third-order valence-electron chi connectivity index (χ3n) is 2.90. The van der Waals surface area contributed by atoms with Gasteiger partial charge in [0.1, 0.15) is 22.2 Å². The molecule has 0 aliphatic carbocycles. The smallest absolute Gasteiger partial charge is 0.347 e. The molecule has 23 heavy (non-hydrogen) atoms. The highest BCUT2D eigenvalue weighted by Crippen LogP contribution is 2.18. The maximum Gasteiger partial charge on any atom is 0.347 e. The van der Waals surface area contributed by atoms with Crippen molar-refractivity contribution in [2.24, 2.45) is 0 Å². The Labute approximate surface area is 140 Å². The van der Waals surface area contributed by atoms with Gasteiger partial charge in [0.05, 0.1) is 17.4 Å². The fraction of sp³-hybridized carbons (Fsp3) is 0.0625. The summed E-state index contributed by atoms with van der Waals surface area (Å²) in [6.07, 6.45) is 5.04. The van der Waals surface area contributed by atoms with Gasteiger partial charge in [-0.25, -0.2) is 14.8 Å². The molecule has 1 aromatic carbocycles. The molecule has 0 bridgehead atoms. The number of carbonyl (C=O) groups is 1. The number of carboxylic acid groups (broad SMARTS) is 1. The molecular formula is C16H12N2O3S2. The minimum Gasteiger partial charge on any atom is -0.487 e. The van der Waals surface area contributed by atoms with Crippen LogP contribution in [0.25, 0.3) is 12.2 Å². The average Bonchev–Trinajstić information content (AvgIpc) is 3.23. The van der Waals surface area contributed by atoms with Crippen LogP contribution in [0.1, 0.15) is 25.9 Å². The van der Waals surface area contributed by atoms with E-state index in [1.807, 2.05) is 35.7 Å². The zero-order valence-electron chi connectivity index (χ0n) is 11.9. The molecule has 0 aliphatic rings. The standard InChI is InChI=1S/C16H12N2O3S2/c19-16(20)14-7-17-15(23-14)6-3-11-1-4-13(5-2-11)21-8-12-9-22-10-18-12/h1-7,9-10H,8H2,(H,19,20). The highest BCUT2D eigenvalue weighted by molar-refractivity contribution is 7.14. The van der Waals surface area contributed by atoms with Crippen LogP contribution >= 0.6 is 22.7 Å². The summed E-state index contributed by atoms with van der Waals surface area (Å²) >= 11 is 2.69. The average molecular weight is 344 g/mol. The summed E-state index contributed by atoms with van der Waals surface area (Å²) in [7, 11) is 0. The fourth-order valence-electron chi connectivity index (χ4n) is 1.77. The van der Waals surface area contributed by atoms with Crippen molar-refractivity contribution in [2.75, 3.05) is 0 Å². The predicted molar refractivity (Wildman–Crippen MR) is 90.9 cm³/mol. The van der Waals surface area contributed by atoms with Crippen LogP contribution in [0.4, 0.5) is 0 Å². The summed E-state index contributed by atoms with van der Waals surface area (Å²) in [5.41, 5.74) is 3.68. The van der Waals surface area contributed by atoms with Crippen molar-refractivity contribution in [1.82, 2.24) is 9.97 Å². The van der Waals surface area contributed by atoms with Crippen molar-refractivity contribution in [1.29, 1.82) is 0 Å². The van der Waals surface area contributed by atoms with Gasteiger partial charge in [0.15, 0.2) is 0 Å². The molecule has 1 N–H and O–H groups in total. The first-order valence-electron chi connectivity index (χ1n) is 6.68. The van der Waals surface area contributed by atoms with Gasteiger partial charge in [-0.2, -0.15) is 0 Å². The number of hydrogen-bond donors (Lipinski definition) is 1. The largest absolute Gasteiger partial charge is 0.487 e. The third kappa shape index (κ3) is 4.24. The van der Waals surface area contributed by atoms with E-state index >= 15 is 0 Å². The van der Waals surface area contributed by atoms with E-state index in [0.29, 0.717) is 11.6 Å². The Hall–Kier alpha value is -2.51. The second kappa shape index (κ2) is 7.17. The SMILES string of the molecule is O=C(O)c1cnc(C=Cc2ccc(OCc3cscn3)cc2)s1. The lowest BCUT2D eigenvalue weighted by atomic mass is 10.2. The van der Waals surface area contributed by atoms with Gasteiger partial charge in [0.25, 0.3) is 0 Å². The quantitative estimate of drug-likeness (QED) is 0.730. The minimum absolute atomic E-state index is 0.232. The van der Waals surface area contributed by atoms with Gasteiger partial charge in [-0.05, 0) is 23.8 Å². The first kappa shape index (κ1) is 15.4.